The second-order valence-electron chi connectivity index (χ2n) is 2.85. The molecule has 14 heavy (non-hydrogen) atoms. The van der Waals surface area contributed by atoms with Gasteiger partial charge in [-0.05, 0) is 11.6 Å². The second-order valence-corrected chi connectivity index (χ2v) is 2.85. The van der Waals surface area contributed by atoms with E-state index >= 15 is 0 Å². The predicted molar refractivity (Wildman–Crippen MR) is 49.1 cm³/mol. The number of aliphatic carboxylic acids is 1. The number of carboxylic acid groups (broad SMARTS) is 1. The van der Waals surface area contributed by atoms with Crippen LogP contribution < -0.4 is 4.74 Å². The minimum atomic E-state index is -0.917. The molecule has 0 heterocycles. The number of carboxylic acids is 1. The van der Waals surface area contributed by atoms with Crippen molar-refractivity contribution < 1.29 is 19.0 Å². The molecule has 0 spiro atoms. The van der Waals surface area contributed by atoms with Crippen LogP contribution >= 0.6 is 0 Å². The maximum Gasteiger partial charge on any atom is 0.307 e. The van der Waals surface area contributed by atoms with Gasteiger partial charge in [0.15, 0.2) is 0 Å². The van der Waals surface area contributed by atoms with Gasteiger partial charge in [0, 0.05) is 5.56 Å². The summed E-state index contributed by atoms with van der Waals surface area (Å²) < 4.78 is 17.3. The standard InChI is InChI=1S/C10H11FO3/c1-14-9-4-7(5-10(12)13)2-3-8(9)6-11/h2-4H,5-6H2,1H3,(H,12,13). The first-order valence-electron chi connectivity index (χ1n) is 4.11. The fourth-order valence-corrected chi connectivity index (χ4v) is 1.18. The lowest BCUT2D eigenvalue weighted by Crippen LogP contribution is -2.01. The van der Waals surface area contributed by atoms with E-state index in [9.17, 15) is 9.18 Å². The molecular formula is C10H11FO3. The zero-order valence-corrected chi connectivity index (χ0v) is 7.79. The van der Waals surface area contributed by atoms with E-state index in [0.29, 0.717) is 16.9 Å². The van der Waals surface area contributed by atoms with Crippen LogP contribution in [0.5, 0.6) is 5.75 Å². The summed E-state index contributed by atoms with van der Waals surface area (Å²) in [7, 11) is 1.43. The van der Waals surface area contributed by atoms with Crippen LogP contribution in [0.2, 0.25) is 0 Å². The number of halogens is 1. The number of ether oxygens (including phenoxy) is 1. The molecule has 0 amide bonds. The zero-order chi connectivity index (χ0) is 10.6. The monoisotopic (exact) mass is 198 g/mol. The molecule has 0 atom stereocenters. The van der Waals surface area contributed by atoms with Gasteiger partial charge in [-0.25, -0.2) is 4.39 Å². The van der Waals surface area contributed by atoms with Gasteiger partial charge >= 0.3 is 5.97 Å². The summed E-state index contributed by atoms with van der Waals surface area (Å²) in [5.41, 5.74) is 1.04. The average molecular weight is 198 g/mol. The number of carbonyl (C=O) groups is 1. The summed E-state index contributed by atoms with van der Waals surface area (Å²) in [5, 5.41) is 8.54. The molecule has 0 radical (unpaired) electrons. The van der Waals surface area contributed by atoms with Crippen molar-refractivity contribution in [2.45, 2.75) is 13.1 Å². The highest BCUT2D eigenvalue weighted by molar-refractivity contribution is 5.70. The molecule has 0 fully saturated rings. The third-order valence-electron chi connectivity index (χ3n) is 1.85. The normalized spacial score (nSPS) is 9.86. The van der Waals surface area contributed by atoms with E-state index in [-0.39, 0.29) is 6.42 Å². The molecule has 0 aliphatic rings. The van der Waals surface area contributed by atoms with E-state index in [1.807, 2.05) is 0 Å². The fourth-order valence-electron chi connectivity index (χ4n) is 1.18. The maximum atomic E-state index is 12.4. The van der Waals surface area contributed by atoms with Gasteiger partial charge in [0.25, 0.3) is 0 Å². The molecule has 0 bridgehead atoms. The Morgan fingerprint density at radius 1 is 1.57 bits per heavy atom. The summed E-state index contributed by atoms with van der Waals surface area (Å²) in [6, 6.07) is 4.67. The van der Waals surface area contributed by atoms with Gasteiger partial charge < -0.3 is 9.84 Å². The van der Waals surface area contributed by atoms with Crippen LogP contribution in [0, 0.1) is 0 Å². The van der Waals surface area contributed by atoms with Gasteiger partial charge in [0.1, 0.15) is 12.4 Å². The largest absolute Gasteiger partial charge is 0.496 e. The quantitative estimate of drug-likeness (QED) is 0.802. The van der Waals surface area contributed by atoms with Crippen molar-refractivity contribution in [1.29, 1.82) is 0 Å². The molecular weight excluding hydrogens is 187 g/mol. The Balaban J connectivity index is 2.95. The Morgan fingerprint density at radius 2 is 2.29 bits per heavy atom. The first-order chi connectivity index (χ1) is 6.67. The molecule has 3 nitrogen and oxygen atoms in total. The second kappa shape index (κ2) is 4.60. The SMILES string of the molecule is COc1cc(CC(=O)O)ccc1CF. The summed E-state index contributed by atoms with van der Waals surface area (Å²) >= 11 is 0. The molecule has 0 saturated carbocycles. The van der Waals surface area contributed by atoms with E-state index in [1.54, 1.807) is 12.1 Å². The predicted octanol–water partition coefficient (Wildman–Crippen LogP) is 1.79. The highest BCUT2D eigenvalue weighted by Gasteiger charge is 2.06. The molecule has 0 unspecified atom stereocenters. The van der Waals surface area contributed by atoms with Crippen molar-refractivity contribution in [3.05, 3.63) is 29.3 Å². The van der Waals surface area contributed by atoms with Crippen LogP contribution in [-0.4, -0.2) is 18.2 Å². The minimum absolute atomic E-state index is 0.0804. The smallest absolute Gasteiger partial charge is 0.307 e. The average Bonchev–Trinajstić information content (AvgIpc) is 2.16. The number of rotatable bonds is 4. The highest BCUT2D eigenvalue weighted by Crippen LogP contribution is 2.21. The molecule has 0 saturated heterocycles. The molecule has 1 aromatic carbocycles. The maximum absolute atomic E-state index is 12.4. The van der Waals surface area contributed by atoms with Crippen molar-refractivity contribution in [2.75, 3.05) is 7.11 Å². The minimum Gasteiger partial charge on any atom is -0.496 e. The lowest BCUT2D eigenvalue weighted by molar-refractivity contribution is -0.136. The molecule has 4 heteroatoms. The lowest BCUT2D eigenvalue weighted by atomic mass is 10.1. The Labute approximate surface area is 81.1 Å². The lowest BCUT2D eigenvalue weighted by Gasteiger charge is -2.06. The van der Waals surface area contributed by atoms with Gasteiger partial charge in [-0.3, -0.25) is 4.79 Å². The molecule has 1 rings (SSSR count). The Hall–Kier alpha value is -1.58. The number of hydrogen-bond donors (Lipinski definition) is 1. The third-order valence-corrected chi connectivity index (χ3v) is 1.85. The van der Waals surface area contributed by atoms with Crippen LogP contribution in [0.1, 0.15) is 11.1 Å². The Bertz CT molecular complexity index is 336. The molecule has 1 aromatic rings. The van der Waals surface area contributed by atoms with E-state index in [0.717, 1.165) is 0 Å². The number of benzene rings is 1. The molecule has 0 aliphatic carbocycles. The summed E-state index contributed by atoms with van der Waals surface area (Å²) in [6.07, 6.45) is -0.0804. The number of methoxy groups -OCH3 is 1. The zero-order valence-electron chi connectivity index (χ0n) is 7.79. The number of hydrogen-bond acceptors (Lipinski definition) is 2. The molecule has 1 N–H and O–H groups in total. The molecule has 0 aromatic heterocycles. The fraction of sp³-hybridized carbons (Fsp3) is 0.300. The van der Waals surface area contributed by atoms with Crippen LogP contribution in [0.15, 0.2) is 18.2 Å². The first-order valence-corrected chi connectivity index (χ1v) is 4.11. The topological polar surface area (TPSA) is 46.5 Å². The third kappa shape index (κ3) is 2.45. The van der Waals surface area contributed by atoms with Gasteiger partial charge in [0.2, 0.25) is 0 Å². The van der Waals surface area contributed by atoms with Crippen molar-refractivity contribution in [3.8, 4) is 5.75 Å². The van der Waals surface area contributed by atoms with Crippen molar-refractivity contribution >= 4 is 5.97 Å². The summed E-state index contributed by atoms with van der Waals surface area (Å²) in [6.45, 7) is -0.615. The Kier molecular flexibility index (Phi) is 3.45. The molecule has 0 aliphatic heterocycles. The Morgan fingerprint density at radius 3 is 2.79 bits per heavy atom. The van der Waals surface area contributed by atoms with E-state index in [2.05, 4.69) is 0 Å². The van der Waals surface area contributed by atoms with E-state index < -0.39 is 12.6 Å². The van der Waals surface area contributed by atoms with Crippen LogP contribution in [-0.2, 0) is 17.9 Å². The van der Waals surface area contributed by atoms with Crippen LogP contribution in [0.3, 0.4) is 0 Å². The van der Waals surface area contributed by atoms with Gasteiger partial charge in [-0.2, -0.15) is 0 Å². The first kappa shape index (κ1) is 10.5. The van der Waals surface area contributed by atoms with Gasteiger partial charge in [-0.15, -0.1) is 0 Å². The van der Waals surface area contributed by atoms with Gasteiger partial charge in [0.05, 0.1) is 13.5 Å². The highest BCUT2D eigenvalue weighted by atomic mass is 19.1. The summed E-state index contributed by atoms with van der Waals surface area (Å²) in [4.78, 5) is 10.4. The van der Waals surface area contributed by atoms with Crippen LogP contribution in [0.25, 0.3) is 0 Å². The van der Waals surface area contributed by atoms with Gasteiger partial charge in [-0.1, -0.05) is 12.1 Å². The van der Waals surface area contributed by atoms with Crippen LogP contribution in [0.4, 0.5) is 4.39 Å². The van der Waals surface area contributed by atoms with Crippen molar-refractivity contribution in [2.24, 2.45) is 0 Å². The van der Waals surface area contributed by atoms with Crippen molar-refractivity contribution in [1.82, 2.24) is 0 Å². The van der Waals surface area contributed by atoms with Crippen molar-refractivity contribution in [3.63, 3.8) is 0 Å². The number of alkyl halides is 1. The van der Waals surface area contributed by atoms with E-state index in [4.69, 9.17) is 9.84 Å². The van der Waals surface area contributed by atoms with E-state index in [1.165, 1.54) is 13.2 Å². The molecule has 76 valence electrons. The summed E-state index contributed by atoms with van der Waals surface area (Å²) in [5.74, 6) is -0.522.